The van der Waals surface area contributed by atoms with E-state index < -0.39 is 5.60 Å². The molecule has 0 aromatic carbocycles. The predicted molar refractivity (Wildman–Crippen MR) is 200 cm³/mol. The molecule has 0 aliphatic carbocycles. The van der Waals surface area contributed by atoms with Crippen molar-refractivity contribution < 1.29 is 19.0 Å². The van der Waals surface area contributed by atoms with Crippen LogP contribution in [0.25, 0.3) is 0 Å². The topological polar surface area (TPSA) is 56.8 Å². The highest BCUT2D eigenvalue weighted by Gasteiger charge is 2.28. The van der Waals surface area contributed by atoms with Gasteiger partial charge in [0.15, 0.2) is 0 Å². The minimum Gasteiger partial charge on any atom is -0.379 e. The van der Waals surface area contributed by atoms with Crippen LogP contribution in [0.15, 0.2) is 0 Å². The summed E-state index contributed by atoms with van der Waals surface area (Å²) in [6, 6.07) is 0. The minimum atomic E-state index is -0.814. The lowest BCUT2D eigenvalue weighted by molar-refractivity contribution is -0.143. The highest BCUT2D eigenvalue weighted by molar-refractivity contribution is 5.84. The van der Waals surface area contributed by atoms with E-state index in [0.717, 1.165) is 38.9 Å². The molecule has 46 heavy (non-hydrogen) atoms. The van der Waals surface area contributed by atoms with Gasteiger partial charge in [0.25, 0.3) is 5.91 Å². The Labute approximate surface area is 288 Å². The molecule has 0 bridgehead atoms. The van der Waals surface area contributed by atoms with E-state index in [1.807, 2.05) is 13.8 Å². The summed E-state index contributed by atoms with van der Waals surface area (Å²) >= 11 is 0. The number of unbranched alkanes of at least 4 members (excludes halogenated alkanes) is 22. The standard InChI is InChI=1S/C41H83NO4/c1-7-9-11-13-15-17-18-19-20-21-22-23-24-26-28-30-35-45-39(37-44-34-29-27-25-16-14-12-10-8-2)31-33-42-40(43)41(5,6)46-36-32-38(3)4/h38-39H,7-37H2,1-6H3,(H,42,43). The van der Waals surface area contributed by atoms with Crippen LogP contribution in [0, 0.1) is 5.92 Å². The predicted octanol–water partition coefficient (Wildman–Crippen LogP) is 12.1. The SMILES string of the molecule is CCCCCCCCCCCCCCCCCCOC(CCNC(=O)C(C)(C)OCCC(C)C)COCCCCCCCCCC. The molecule has 276 valence electrons. The largest absolute Gasteiger partial charge is 0.379 e. The number of ether oxygens (including phenoxy) is 3. The average molecular weight is 654 g/mol. The van der Waals surface area contributed by atoms with Gasteiger partial charge in [-0.3, -0.25) is 4.79 Å². The Balaban J connectivity index is 4.13. The van der Waals surface area contributed by atoms with Crippen molar-refractivity contribution in [2.45, 2.75) is 220 Å². The normalized spacial score (nSPS) is 12.7. The number of carbonyl (C=O) groups is 1. The van der Waals surface area contributed by atoms with Crippen molar-refractivity contribution in [1.29, 1.82) is 0 Å². The zero-order valence-corrected chi connectivity index (χ0v) is 32.2. The van der Waals surface area contributed by atoms with Gasteiger partial charge in [-0.05, 0) is 45.4 Å². The molecule has 5 heteroatoms. The van der Waals surface area contributed by atoms with Crippen LogP contribution in [-0.4, -0.2) is 50.6 Å². The van der Waals surface area contributed by atoms with E-state index in [-0.39, 0.29) is 12.0 Å². The van der Waals surface area contributed by atoms with E-state index in [0.29, 0.717) is 25.7 Å². The summed E-state index contributed by atoms with van der Waals surface area (Å²) in [5.74, 6) is 0.518. The van der Waals surface area contributed by atoms with Gasteiger partial charge < -0.3 is 19.5 Å². The van der Waals surface area contributed by atoms with Crippen LogP contribution in [0.1, 0.15) is 208 Å². The van der Waals surface area contributed by atoms with Crippen molar-refractivity contribution in [2.24, 2.45) is 5.92 Å². The molecule has 1 amide bonds. The quantitative estimate of drug-likeness (QED) is 0.0678. The maximum atomic E-state index is 12.8. The molecular weight excluding hydrogens is 570 g/mol. The molecule has 0 spiro atoms. The Hall–Kier alpha value is -0.650. The number of rotatable bonds is 37. The fraction of sp³-hybridized carbons (Fsp3) is 0.976. The van der Waals surface area contributed by atoms with Crippen molar-refractivity contribution in [2.75, 3.05) is 33.0 Å². The van der Waals surface area contributed by atoms with Gasteiger partial charge in [0.1, 0.15) is 5.60 Å². The van der Waals surface area contributed by atoms with Gasteiger partial charge in [-0.15, -0.1) is 0 Å². The fourth-order valence-electron chi connectivity index (χ4n) is 5.84. The first-order chi connectivity index (χ1) is 22.3. The maximum absolute atomic E-state index is 12.8. The Bertz CT molecular complexity index is 624. The molecule has 0 saturated heterocycles. The van der Waals surface area contributed by atoms with Crippen LogP contribution in [0.5, 0.6) is 0 Å². The number of hydrogen-bond donors (Lipinski definition) is 1. The smallest absolute Gasteiger partial charge is 0.251 e. The second kappa shape index (κ2) is 34.2. The van der Waals surface area contributed by atoms with E-state index in [1.54, 1.807) is 0 Å². The monoisotopic (exact) mass is 654 g/mol. The number of hydrogen-bond acceptors (Lipinski definition) is 4. The van der Waals surface area contributed by atoms with Crippen LogP contribution >= 0.6 is 0 Å². The molecular formula is C41H83NO4. The zero-order chi connectivity index (χ0) is 34.0. The van der Waals surface area contributed by atoms with Crippen molar-refractivity contribution in [3.63, 3.8) is 0 Å². The van der Waals surface area contributed by atoms with Crippen LogP contribution < -0.4 is 5.32 Å². The first-order valence-electron chi connectivity index (χ1n) is 20.4. The third-order valence-electron chi connectivity index (χ3n) is 9.25. The van der Waals surface area contributed by atoms with E-state index >= 15 is 0 Å². The molecule has 0 saturated carbocycles. The second-order valence-corrected chi connectivity index (χ2v) is 14.9. The summed E-state index contributed by atoms with van der Waals surface area (Å²) < 4.78 is 18.3. The van der Waals surface area contributed by atoms with Crippen LogP contribution in [0.2, 0.25) is 0 Å². The molecule has 0 heterocycles. The molecule has 5 nitrogen and oxygen atoms in total. The molecule has 0 rings (SSSR count). The Morgan fingerprint density at radius 2 is 0.978 bits per heavy atom. The molecule has 0 aliphatic rings. The molecule has 0 aromatic heterocycles. The van der Waals surface area contributed by atoms with Crippen LogP contribution in [-0.2, 0) is 19.0 Å². The van der Waals surface area contributed by atoms with Gasteiger partial charge >= 0.3 is 0 Å². The lowest BCUT2D eigenvalue weighted by Crippen LogP contribution is -2.45. The first-order valence-corrected chi connectivity index (χ1v) is 20.4. The summed E-state index contributed by atoms with van der Waals surface area (Å²) in [5.41, 5.74) is -0.814. The van der Waals surface area contributed by atoms with E-state index in [1.165, 1.54) is 141 Å². The number of amides is 1. The van der Waals surface area contributed by atoms with E-state index in [2.05, 4.69) is 33.0 Å². The van der Waals surface area contributed by atoms with Crippen molar-refractivity contribution >= 4 is 5.91 Å². The van der Waals surface area contributed by atoms with Gasteiger partial charge in [0.05, 0.1) is 12.7 Å². The van der Waals surface area contributed by atoms with Crippen LogP contribution in [0.4, 0.5) is 0 Å². The van der Waals surface area contributed by atoms with E-state index in [9.17, 15) is 4.79 Å². The van der Waals surface area contributed by atoms with Crippen LogP contribution in [0.3, 0.4) is 0 Å². The molecule has 0 aliphatic heterocycles. The maximum Gasteiger partial charge on any atom is 0.251 e. The zero-order valence-electron chi connectivity index (χ0n) is 32.2. The lowest BCUT2D eigenvalue weighted by Gasteiger charge is -2.25. The molecule has 0 fully saturated rings. The minimum absolute atomic E-state index is 0.0238. The lowest BCUT2D eigenvalue weighted by atomic mass is 10.0. The number of carbonyl (C=O) groups excluding carboxylic acids is 1. The molecule has 1 unspecified atom stereocenters. The summed E-state index contributed by atoms with van der Waals surface area (Å²) in [4.78, 5) is 12.8. The van der Waals surface area contributed by atoms with E-state index in [4.69, 9.17) is 14.2 Å². The average Bonchev–Trinajstić information content (AvgIpc) is 3.02. The molecule has 0 aromatic rings. The Kier molecular flexibility index (Phi) is 33.7. The number of nitrogens with one attached hydrogen (secondary N) is 1. The van der Waals surface area contributed by atoms with Crippen molar-refractivity contribution in [3.05, 3.63) is 0 Å². The second-order valence-electron chi connectivity index (χ2n) is 14.9. The molecule has 1 N–H and O–H groups in total. The van der Waals surface area contributed by atoms with Crippen molar-refractivity contribution in [1.82, 2.24) is 5.32 Å². The highest BCUT2D eigenvalue weighted by Crippen LogP contribution is 2.15. The first kappa shape index (κ1) is 45.3. The Morgan fingerprint density at radius 3 is 1.41 bits per heavy atom. The third-order valence-corrected chi connectivity index (χ3v) is 9.25. The van der Waals surface area contributed by atoms with Gasteiger partial charge in [0, 0.05) is 26.4 Å². The summed E-state index contributed by atoms with van der Waals surface area (Å²) in [6.45, 7) is 16.0. The van der Waals surface area contributed by atoms with Gasteiger partial charge in [-0.1, -0.05) is 169 Å². The summed E-state index contributed by atoms with van der Waals surface area (Å²) in [7, 11) is 0. The summed E-state index contributed by atoms with van der Waals surface area (Å²) in [5, 5.41) is 3.09. The Morgan fingerprint density at radius 1 is 0.565 bits per heavy atom. The van der Waals surface area contributed by atoms with Crippen molar-refractivity contribution in [3.8, 4) is 0 Å². The van der Waals surface area contributed by atoms with Gasteiger partial charge in [-0.25, -0.2) is 0 Å². The fourth-order valence-corrected chi connectivity index (χ4v) is 5.84. The van der Waals surface area contributed by atoms with Gasteiger partial charge in [-0.2, -0.15) is 0 Å². The summed E-state index contributed by atoms with van der Waals surface area (Å²) in [6.07, 6.45) is 34.2. The molecule has 1 atom stereocenters. The van der Waals surface area contributed by atoms with Gasteiger partial charge in [0.2, 0.25) is 0 Å². The highest BCUT2D eigenvalue weighted by atomic mass is 16.5. The third kappa shape index (κ3) is 31.9. The molecule has 0 radical (unpaired) electrons.